The zero-order chi connectivity index (χ0) is 22.9. The normalized spacial score (nSPS) is 13.6. The van der Waals surface area contributed by atoms with Crippen molar-refractivity contribution in [3.63, 3.8) is 0 Å². The number of ketones is 1. The standard InChI is InChI=1S/C23H43NO6.H2/c1-7-22(4,5)19-23(6,8-2)21(26)24-10-12-28-14-16-30-18-17-29-15-13-27-11-9-20(3)25;/h7H,1,8-19H2,2-6H3,(H,24,26);1H. The Morgan fingerprint density at radius 3 is 1.80 bits per heavy atom. The Kier molecular flexibility index (Phi) is 15.7. The molecule has 7 heteroatoms. The molecule has 0 bridgehead atoms. The van der Waals surface area contributed by atoms with Crippen molar-refractivity contribution in [3.05, 3.63) is 12.7 Å². The van der Waals surface area contributed by atoms with Crippen molar-refractivity contribution >= 4 is 11.7 Å². The number of carbonyl (C=O) groups is 2. The maximum Gasteiger partial charge on any atom is 0.226 e. The lowest BCUT2D eigenvalue weighted by Gasteiger charge is -2.34. The van der Waals surface area contributed by atoms with Crippen LogP contribution in [-0.4, -0.2) is 71.1 Å². The number of carbonyl (C=O) groups excluding carboxylic acids is 2. The van der Waals surface area contributed by atoms with Crippen molar-refractivity contribution in [1.82, 2.24) is 5.32 Å². The molecule has 0 radical (unpaired) electrons. The van der Waals surface area contributed by atoms with E-state index in [4.69, 9.17) is 18.9 Å². The summed E-state index contributed by atoms with van der Waals surface area (Å²) in [4.78, 5) is 23.3. The summed E-state index contributed by atoms with van der Waals surface area (Å²) in [5.74, 6) is 0.183. The molecule has 0 saturated heterocycles. The van der Waals surface area contributed by atoms with Crippen LogP contribution in [0.5, 0.6) is 0 Å². The summed E-state index contributed by atoms with van der Waals surface area (Å²) >= 11 is 0. The van der Waals surface area contributed by atoms with Gasteiger partial charge in [0.2, 0.25) is 5.91 Å². The summed E-state index contributed by atoms with van der Waals surface area (Å²) in [6, 6.07) is 0. The number of hydrogen-bond acceptors (Lipinski definition) is 6. The van der Waals surface area contributed by atoms with E-state index in [2.05, 4.69) is 25.7 Å². The fraction of sp³-hybridized carbons (Fsp3) is 0.826. The zero-order valence-electron chi connectivity index (χ0n) is 19.7. The van der Waals surface area contributed by atoms with E-state index in [0.29, 0.717) is 65.8 Å². The largest absolute Gasteiger partial charge is 0.379 e. The van der Waals surface area contributed by atoms with Gasteiger partial charge < -0.3 is 24.3 Å². The van der Waals surface area contributed by atoms with E-state index in [0.717, 1.165) is 12.8 Å². The smallest absolute Gasteiger partial charge is 0.226 e. The van der Waals surface area contributed by atoms with Crippen LogP contribution in [0.4, 0.5) is 0 Å². The minimum Gasteiger partial charge on any atom is -0.379 e. The second-order valence-corrected chi connectivity index (χ2v) is 8.44. The first-order chi connectivity index (χ1) is 14.2. The first-order valence-electron chi connectivity index (χ1n) is 10.9. The van der Waals surface area contributed by atoms with Gasteiger partial charge >= 0.3 is 0 Å². The van der Waals surface area contributed by atoms with E-state index in [9.17, 15) is 9.59 Å². The number of Topliss-reactive ketones (excluding diaryl/α,β-unsaturated/α-hetero) is 1. The van der Waals surface area contributed by atoms with Crippen LogP contribution in [-0.2, 0) is 28.5 Å². The third kappa shape index (κ3) is 14.7. The molecule has 0 aromatic carbocycles. The molecule has 0 aliphatic heterocycles. The van der Waals surface area contributed by atoms with E-state index in [1.165, 1.54) is 0 Å². The summed E-state index contributed by atoms with van der Waals surface area (Å²) in [6.07, 6.45) is 3.88. The molecular formula is C23H45NO6. The minimum absolute atomic E-state index is 0. The topological polar surface area (TPSA) is 83.1 Å². The number of amides is 1. The Morgan fingerprint density at radius 2 is 1.37 bits per heavy atom. The van der Waals surface area contributed by atoms with Crippen molar-refractivity contribution in [2.75, 3.05) is 59.4 Å². The summed E-state index contributed by atoms with van der Waals surface area (Å²) in [5.41, 5.74) is -0.499. The van der Waals surface area contributed by atoms with Crippen LogP contribution in [0.1, 0.15) is 55.3 Å². The third-order valence-corrected chi connectivity index (χ3v) is 4.97. The molecule has 0 saturated carbocycles. The average molecular weight is 432 g/mol. The van der Waals surface area contributed by atoms with Crippen LogP contribution in [0.15, 0.2) is 12.7 Å². The molecule has 1 N–H and O–H groups in total. The summed E-state index contributed by atoms with van der Waals surface area (Å²) in [6.45, 7) is 17.9. The van der Waals surface area contributed by atoms with Gasteiger partial charge in [-0.05, 0) is 25.2 Å². The van der Waals surface area contributed by atoms with E-state index in [-0.39, 0.29) is 18.5 Å². The highest BCUT2D eigenvalue weighted by molar-refractivity contribution is 5.82. The van der Waals surface area contributed by atoms with E-state index in [1.54, 1.807) is 6.92 Å². The second kappa shape index (κ2) is 16.4. The van der Waals surface area contributed by atoms with Gasteiger partial charge in [-0.2, -0.15) is 0 Å². The molecule has 1 unspecified atom stereocenters. The molecule has 1 amide bonds. The molecule has 0 aliphatic rings. The quantitative estimate of drug-likeness (QED) is 0.235. The molecule has 1 atom stereocenters. The molecular weight excluding hydrogens is 386 g/mol. The van der Waals surface area contributed by atoms with Crippen LogP contribution in [0.2, 0.25) is 0 Å². The van der Waals surface area contributed by atoms with Gasteiger partial charge in [0.1, 0.15) is 5.78 Å². The number of rotatable bonds is 20. The first-order valence-corrected chi connectivity index (χ1v) is 10.9. The van der Waals surface area contributed by atoms with Crippen molar-refractivity contribution in [1.29, 1.82) is 0 Å². The average Bonchev–Trinajstić information content (AvgIpc) is 2.70. The van der Waals surface area contributed by atoms with Crippen molar-refractivity contribution < 1.29 is 30.0 Å². The SMILES string of the molecule is C=CC(C)(C)CC(C)(CC)C(=O)NCCOCCOCCOCCOCCC(C)=O.[HH]. The molecule has 0 aromatic rings. The maximum atomic E-state index is 12.6. The predicted octanol–water partition coefficient (Wildman–Crippen LogP) is 3.41. The Balaban J connectivity index is 0. The van der Waals surface area contributed by atoms with Gasteiger partial charge in [0.25, 0.3) is 0 Å². The lowest BCUT2D eigenvalue weighted by Crippen LogP contribution is -2.42. The molecule has 0 heterocycles. The Bertz CT molecular complexity index is 500. The van der Waals surface area contributed by atoms with Crippen LogP contribution in [0, 0.1) is 10.8 Å². The van der Waals surface area contributed by atoms with E-state index < -0.39 is 5.41 Å². The van der Waals surface area contributed by atoms with Crippen molar-refractivity contribution in [2.24, 2.45) is 10.8 Å². The number of hydrogen-bond donors (Lipinski definition) is 1. The summed E-state index contributed by atoms with van der Waals surface area (Å²) in [5, 5.41) is 2.98. The molecule has 0 spiro atoms. The Morgan fingerprint density at radius 1 is 0.900 bits per heavy atom. The zero-order valence-corrected chi connectivity index (χ0v) is 19.7. The molecule has 0 aliphatic carbocycles. The molecule has 178 valence electrons. The number of nitrogens with one attached hydrogen (secondary N) is 1. The first kappa shape index (κ1) is 28.7. The monoisotopic (exact) mass is 431 g/mol. The van der Waals surface area contributed by atoms with Gasteiger partial charge in [-0.1, -0.05) is 33.8 Å². The molecule has 7 nitrogen and oxygen atoms in total. The van der Waals surface area contributed by atoms with Crippen LogP contribution < -0.4 is 5.32 Å². The van der Waals surface area contributed by atoms with Crippen LogP contribution in [0.3, 0.4) is 0 Å². The third-order valence-electron chi connectivity index (χ3n) is 4.97. The maximum absolute atomic E-state index is 12.6. The van der Waals surface area contributed by atoms with Gasteiger partial charge in [-0.3, -0.25) is 9.59 Å². The Hall–Kier alpha value is -1.28. The van der Waals surface area contributed by atoms with E-state index >= 15 is 0 Å². The van der Waals surface area contributed by atoms with E-state index in [1.807, 2.05) is 19.9 Å². The molecule has 0 fully saturated rings. The fourth-order valence-electron chi connectivity index (χ4n) is 2.87. The highest BCUT2D eigenvalue weighted by Gasteiger charge is 2.35. The lowest BCUT2D eigenvalue weighted by atomic mass is 9.72. The van der Waals surface area contributed by atoms with Crippen molar-refractivity contribution in [2.45, 2.75) is 53.9 Å². The second-order valence-electron chi connectivity index (χ2n) is 8.44. The number of ether oxygens (including phenoxy) is 4. The highest BCUT2D eigenvalue weighted by atomic mass is 16.6. The number of allylic oxidation sites excluding steroid dienone is 1. The van der Waals surface area contributed by atoms with Crippen molar-refractivity contribution in [3.8, 4) is 0 Å². The lowest BCUT2D eigenvalue weighted by molar-refractivity contribution is -0.132. The summed E-state index contributed by atoms with van der Waals surface area (Å²) in [7, 11) is 0. The molecule has 0 rings (SSSR count). The van der Waals surface area contributed by atoms with Gasteiger partial charge in [0.15, 0.2) is 0 Å². The van der Waals surface area contributed by atoms with Crippen LogP contribution in [0.25, 0.3) is 0 Å². The van der Waals surface area contributed by atoms with Gasteiger partial charge in [0.05, 0.1) is 52.9 Å². The molecule has 30 heavy (non-hydrogen) atoms. The van der Waals surface area contributed by atoms with Gasteiger partial charge in [0, 0.05) is 19.8 Å². The van der Waals surface area contributed by atoms with Gasteiger partial charge in [-0.25, -0.2) is 0 Å². The highest BCUT2D eigenvalue weighted by Crippen LogP contribution is 2.37. The predicted molar refractivity (Wildman–Crippen MR) is 121 cm³/mol. The van der Waals surface area contributed by atoms with Crippen LogP contribution >= 0.6 is 0 Å². The fourth-order valence-corrected chi connectivity index (χ4v) is 2.87. The Labute approximate surface area is 184 Å². The van der Waals surface area contributed by atoms with Gasteiger partial charge in [-0.15, -0.1) is 6.58 Å². The summed E-state index contributed by atoms with van der Waals surface area (Å²) < 4.78 is 21.6. The molecule has 0 aromatic heterocycles. The minimum atomic E-state index is -0.417.